The Hall–Kier alpha value is -0.220. The molecule has 1 aliphatic heterocycles. The number of carbonyl (C=O) groups is 1. The van der Waals surface area contributed by atoms with Crippen molar-refractivity contribution in [1.29, 1.82) is 0 Å². The number of hydrogen-bond acceptors (Lipinski definition) is 3. The summed E-state index contributed by atoms with van der Waals surface area (Å²) in [6.07, 6.45) is 1.44. The van der Waals surface area contributed by atoms with Crippen LogP contribution in [0.25, 0.3) is 0 Å². The molecule has 4 heteroatoms. The van der Waals surface area contributed by atoms with Gasteiger partial charge in [0.2, 0.25) is 5.91 Å². The van der Waals surface area contributed by atoms with E-state index in [1.165, 1.54) is 0 Å². The van der Waals surface area contributed by atoms with Crippen LogP contribution in [-0.4, -0.2) is 40.9 Å². The lowest BCUT2D eigenvalue weighted by molar-refractivity contribution is -0.133. The van der Waals surface area contributed by atoms with Crippen molar-refractivity contribution in [3.63, 3.8) is 0 Å². The zero-order valence-corrected chi connectivity index (χ0v) is 7.26. The lowest BCUT2D eigenvalue weighted by Gasteiger charge is -2.29. The Labute approximate surface area is 71.8 Å². The Morgan fingerprint density at radius 2 is 2.45 bits per heavy atom. The molecule has 1 atom stereocenters. The minimum atomic E-state index is 0.0479. The maximum Gasteiger partial charge on any atom is 0.222 e. The Kier molecular flexibility index (Phi) is 3.20. The number of nitrogens with zero attached hydrogens (tertiary/aromatic N) is 1. The number of likely N-dealkylation sites (tertiary alicyclic amines) is 1. The predicted octanol–water partition coefficient (Wildman–Crippen LogP) is -0.100. The van der Waals surface area contributed by atoms with Crippen LogP contribution in [0, 0.1) is 0 Å². The van der Waals surface area contributed by atoms with Crippen LogP contribution in [0.5, 0.6) is 0 Å². The van der Waals surface area contributed by atoms with E-state index in [1.807, 2.05) is 0 Å². The molecular formula is C7H13NO2S. The highest BCUT2D eigenvalue weighted by molar-refractivity contribution is 7.81. The third kappa shape index (κ3) is 2.38. The molecule has 1 fully saturated rings. The third-order valence-corrected chi connectivity index (χ3v) is 2.27. The van der Waals surface area contributed by atoms with Gasteiger partial charge in [0.1, 0.15) is 0 Å². The second-order valence-electron chi connectivity index (χ2n) is 2.76. The fourth-order valence-electron chi connectivity index (χ4n) is 1.23. The quantitative estimate of drug-likeness (QED) is 0.575. The van der Waals surface area contributed by atoms with Crippen LogP contribution in [0.15, 0.2) is 0 Å². The molecule has 0 aromatic rings. The van der Waals surface area contributed by atoms with Crippen LogP contribution < -0.4 is 0 Å². The van der Waals surface area contributed by atoms with Gasteiger partial charge in [-0.15, -0.1) is 0 Å². The van der Waals surface area contributed by atoms with Crippen molar-refractivity contribution in [1.82, 2.24) is 4.90 Å². The number of hydrogen-bond donors (Lipinski definition) is 2. The Balaban J connectivity index is 2.40. The van der Waals surface area contributed by atoms with Crippen LogP contribution in [-0.2, 0) is 4.79 Å². The Morgan fingerprint density at radius 1 is 1.73 bits per heavy atom. The number of piperidine rings is 1. The first kappa shape index (κ1) is 8.87. The van der Waals surface area contributed by atoms with Gasteiger partial charge in [0.25, 0.3) is 0 Å². The van der Waals surface area contributed by atoms with Gasteiger partial charge in [-0.25, -0.2) is 0 Å². The SMILES string of the molecule is O=C1CC[C@@H](S)CN1CCO. The second kappa shape index (κ2) is 3.97. The molecule has 0 radical (unpaired) electrons. The average Bonchev–Trinajstić information content (AvgIpc) is 1.98. The van der Waals surface area contributed by atoms with Crippen LogP contribution >= 0.6 is 12.6 Å². The topological polar surface area (TPSA) is 40.5 Å². The minimum Gasteiger partial charge on any atom is -0.395 e. The van der Waals surface area contributed by atoms with E-state index in [-0.39, 0.29) is 12.5 Å². The van der Waals surface area contributed by atoms with Crippen molar-refractivity contribution in [3.05, 3.63) is 0 Å². The van der Waals surface area contributed by atoms with E-state index in [1.54, 1.807) is 4.90 Å². The molecule has 0 saturated carbocycles. The van der Waals surface area contributed by atoms with Gasteiger partial charge in [-0.2, -0.15) is 12.6 Å². The van der Waals surface area contributed by atoms with Crippen LogP contribution in [0.2, 0.25) is 0 Å². The van der Waals surface area contributed by atoms with Gasteiger partial charge >= 0.3 is 0 Å². The van der Waals surface area contributed by atoms with E-state index >= 15 is 0 Å². The highest BCUT2D eigenvalue weighted by Crippen LogP contribution is 2.14. The van der Waals surface area contributed by atoms with Crippen LogP contribution in [0.1, 0.15) is 12.8 Å². The largest absolute Gasteiger partial charge is 0.395 e. The van der Waals surface area contributed by atoms with Gasteiger partial charge < -0.3 is 10.0 Å². The maximum atomic E-state index is 11.1. The van der Waals surface area contributed by atoms with Gasteiger partial charge in [-0.3, -0.25) is 4.79 Å². The first-order chi connectivity index (χ1) is 5.24. The summed E-state index contributed by atoms with van der Waals surface area (Å²) < 4.78 is 0. The van der Waals surface area contributed by atoms with Crippen molar-refractivity contribution < 1.29 is 9.90 Å². The molecule has 0 unspecified atom stereocenters. The average molecular weight is 175 g/mol. The number of amides is 1. The molecule has 3 nitrogen and oxygen atoms in total. The molecule has 0 bridgehead atoms. The normalized spacial score (nSPS) is 25.8. The summed E-state index contributed by atoms with van der Waals surface area (Å²) in [4.78, 5) is 12.8. The number of carbonyl (C=O) groups excluding carboxylic acids is 1. The van der Waals surface area contributed by atoms with Gasteiger partial charge in [-0.05, 0) is 6.42 Å². The summed E-state index contributed by atoms with van der Waals surface area (Å²) >= 11 is 4.28. The molecule has 1 heterocycles. The van der Waals surface area contributed by atoms with Crippen molar-refractivity contribution in [3.8, 4) is 0 Å². The predicted molar refractivity (Wildman–Crippen MR) is 45.7 cm³/mol. The lowest BCUT2D eigenvalue weighted by atomic mass is 10.1. The Morgan fingerprint density at radius 3 is 3.09 bits per heavy atom. The number of β-amino-alcohol motifs (C(OH)–C–C–N with tert-alkyl or cyclic N) is 1. The van der Waals surface area contributed by atoms with Crippen molar-refractivity contribution >= 4 is 18.5 Å². The van der Waals surface area contributed by atoms with E-state index in [4.69, 9.17) is 5.11 Å². The van der Waals surface area contributed by atoms with Crippen molar-refractivity contribution in [2.24, 2.45) is 0 Å². The van der Waals surface area contributed by atoms with Crippen molar-refractivity contribution in [2.45, 2.75) is 18.1 Å². The summed E-state index contributed by atoms with van der Waals surface area (Å²) in [7, 11) is 0. The van der Waals surface area contributed by atoms with E-state index in [0.717, 1.165) is 6.42 Å². The molecule has 0 aliphatic carbocycles. The van der Waals surface area contributed by atoms with Crippen LogP contribution in [0.4, 0.5) is 0 Å². The first-order valence-electron chi connectivity index (χ1n) is 3.80. The van der Waals surface area contributed by atoms with Gasteiger partial charge in [-0.1, -0.05) is 0 Å². The highest BCUT2D eigenvalue weighted by Gasteiger charge is 2.22. The number of aliphatic hydroxyl groups excluding tert-OH is 1. The standard InChI is InChI=1S/C7H13NO2S/c9-4-3-8-5-6(11)1-2-7(8)10/h6,9,11H,1-5H2/t6-/m1/s1. The summed E-state index contributed by atoms with van der Waals surface area (Å²) in [5.41, 5.74) is 0. The molecule has 1 N–H and O–H groups in total. The number of rotatable bonds is 2. The van der Waals surface area contributed by atoms with Crippen molar-refractivity contribution in [2.75, 3.05) is 19.7 Å². The van der Waals surface area contributed by atoms with Gasteiger partial charge in [0.15, 0.2) is 0 Å². The summed E-state index contributed by atoms with van der Waals surface area (Å²) in [6, 6.07) is 0. The highest BCUT2D eigenvalue weighted by atomic mass is 32.1. The lowest BCUT2D eigenvalue weighted by Crippen LogP contribution is -2.41. The fraction of sp³-hybridized carbons (Fsp3) is 0.857. The smallest absolute Gasteiger partial charge is 0.222 e. The summed E-state index contributed by atoms with van der Waals surface area (Å²) in [6.45, 7) is 1.19. The molecule has 1 aliphatic rings. The van der Waals surface area contributed by atoms with E-state index in [2.05, 4.69) is 12.6 Å². The molecule has 0 aromatic carbocycles. The first-order valence-corrected chi connectivity index (χ1v) is 4.32. The fourth-order valence-corrected chi connectivity index (χ4v) is 1.56. The molecule has 64 valence electrons. The Bertz CT molecular complexity index is 151. The van der Waals surface area contributed by atoms with Gasteiger partial charge in [0, 0.05) is 24.8 Å². The molecule has 1 saturated heterocycles. The minimum absolute atomic E-state index is 0.0479. The second-order valence-corrected chi connectivity index (χ2v) is 3.49. The number of aliphatic hydroxyl groups is 1. The summed E-state index contributed by atoms with van der Waals surface area (Å²) in [5.74, 6) is 0.143. The van der Waals surface area contributed by atoms with E-state index < -0.39 is 0 Å². The monoisotopic (exact) mass is 175 g/mol. The molecule has 0 aromatic heterocycles. The molecule has 1 rings (SSSR count). The molecule has 1 amide bonds. The molecule has 11 heavy (non-hydrogen) atoms. The van der Waals surface area contributed by atoms with E-state index in [9.17, 15) is 4.79 Å². The van der Waals surface area contributed by atoms with Crippen LogP contribution in [0.3, 0.4) is 0 Å². The third-order valence-electron chi connectivity index (χ3n) is 1.85. The zero-order chi connectivity index (χ0) is 8.27. The maximum absolute atomic E-state index is 11.1. The summed E-state index contributed by atoms with van der Waals surface area (Å²) in [5, 5.41) is 8.89. The number of thiol groups is 1. The van der Waals surface area contributed by atoms with E-state index in [0.29, 0.717) is 24.8 Å². The zero-order valence-electron chi connectivity index (χ0n) is 6.36. The molecular weight excluding hydrogens is 162 g/mol. The van der Waals surface area contributed by atoms with Gasteiger partial charge in [0.05, 0.1) is 6.61 Å². The molecule has 0 spiro atoms.